The van der Waals surface area contributed by atoms with Gasteiger partial charge in [-0.1, -0.05) is 0 Å². The molecule has 0 unspecified atom stereocenters. The Hall–Kier alpha value is -2.50. The van der Waals surface area contributed by atoms with Crippen LogP contribution in [-0.4, -0.2) is 14.9 Å². The second kappa shape index (κ2) is 3.93. The zero-order chi connectivity index (χ0) is 11.5. The number of hydrogen-bond acceptors (Lipinski definition) is 5. The highest BCUT2D eigenvalue weighted by atomic mass is 16.6. The largest absolute Gasteiger partial charge is 0.393 e. The lowest BCUT2D eigenvalue weighted by atomic mass is 10.1. The minimum absolute atomic E-state index is 0.0993. The lowest BCUT2D eigenvalue weighted by molar-refractivity contribution is -0.383. The van der Waals surface area contributed by atoms with Crippen LogP contribution < -0.4 is 5.73 Å². The molecule has 0 saturated heterocycles. The first-order chi connectivity index (χ1) is 7.68. The molecule has 0 aliphatic carbocycles. The Bertz CT molecular complexity index is 528. The molecule has 0 aliphatic heterocycles. The van der Waals surface area contributed by atoms with Crippen LogP contribution >= 0.6 is 0 Å². The van der Waals surface area contributed by atoms with Crippen LogP contribution in [0.15, 0.2) is 36.8 Å². The second-order valence-electron chi connectivity index (χ2n) is 3.13. The van der Waals surface area contributed by atoms with Crippen molar-refractivity contribution in [2.75, 3.05) is 5.73 Å². The van der Waals surface area contributed by atoms with Crippen molar-refractivity contribution in [3.63, 3.8) is 0 Å². The highest BCUT2D eigenvalue weighted by Gasteiger charge is 2.11. The number of nitrogens with zero attached hydrogens (tertiary/aromatic N) is 3. The maximum absolute atomic E-state index is 10.6. The van der Waals surface area contributed by atoms with E-state index in [1.807, 2.05) is 0 Å². The Kier molecular flexibility index (Phi) is 2.47. The van der Waals surface area contributed by atoms with Crippen LogP contribution in [0.5, 0.6) is 0 Å². The van der Waals surface area contributed by atoms with Crippen molar-refractivity contribution in [2.24, 2.45) is 0 Å². The quantitative estimate of drug-likeness (QED) is 0.467. The van der Waals surface area contributed by atoms with Crippen LogP contribution in [0.1, 0.15) is 0 Å². The molecule has 6 heteroatoms. The number of nitro benzene ring substituents is 1. The van der Waals surface area contributed by atoms with Gasteiger partial charge < -0.3 is 5.73 Å². The van der Waals surface area contributed by atoms with Crippen LogP contribution in [0.3, 0.4) is 0 Å². The van der Waals surface area contributed by atoms with Crippen molar-refractivity contribution in [1.29, 1.82) is 0 Å². The first kappa shape index (κ1) is 10.0. The molecule has 2 N–H and O–H groups in total. The third-order valence-corrected chi connectivity index (χ3v) is 2.10. The van der Waals surface area contributed by atoms with E-state index in [1.165, 1.54) is 18.5 Å². The van der Waals surface area contributed by atoms with Gasteiger partial charge in [0.2, 0.25) is 0 Å². The van der Waals surface area contributed by atoms with Gasteiger partial charge in [0.15, 0.2) is 0 Å². The predicted octanol–water partition coefficient (Wildman–Crippen LogP) is 1.63. The topological polar surface area (TPSA) is 94.9 Å². The van der Waals surface area contributed by atoms with E-state index in [-0.39, 0.29) is 11.4 Å². The van der Waals surface area contributed by atoms with Gasteiger partial charge in [0.25, 0.3) is 5.69 Å². The minimum atomic E-state index is -0.515. The molecule has 2 rings (SSSR count). The van der Waals surface area contributed by atoms with Crippen molar-refractivity contribution < 1.29 is 4.92 Å². The van der Waals surface area contributed by atoms with E-state index in [9.17, 15) is 10.1 Å². The van der Waals surface area contributed by atoms with Gasteiger partial charge >= 0.3 is 0 Å². The molecule has 0 bridgehead atoms. The lowest BCUT2D eigenvalue weighted by Gasteiger charge is -2.01. The highest BCUT2D eigenvalue weighted by Crippen LogP contribution is 2.26. The van der Waals surface area contributed by atoms with Gasteiger partial charge in [0, 0.05) is 17.8 Å². The molecule has 0 saturated carbocycles. The summed E-state index contributed by atoms with van der Waals surface area (Å²) in [6.07, 6.45) is 3.01. The molecule has 0 spiro atoms. The van der Waals surface area contributed by atoms with Gasteiger partial charge in [-0.25, -0.2) is 9.97 Å². The number of nitrogen functional groups attached to an aromatic ring is 1. The van der Waals surface area contributed by atoms with Crippen molar-refractivity contribution in [1.82, 2.24) is 9.97 Å². The zero-order valence-electron chi connectivity index (χ0n) is 8.20. The molecule has 1 aromatic heterocycles. The maximum Gasteiger partial charge on any atom is 0.292 e. The Morgan fingerprint density at radius 1 is 1.31 bits per heavy atom. The SMILES string of the molecule is Nc1cc(-c2ccncn2)ccc1[N+](=O)[O-]. The molecule has 0 amide bonds. The van der Waals surface area contributed by atoms with Gasteiger partial charge in [-0.2, -0.15) is 0 Å². The molecular formula is C10H8N4O2. The van der Waals surface area contributed by atoms with Crippen LogP contribution in [-0.2, 0) is 0 Å². The number of benzene rings is 1. The van der Waals surface area contributed by atoms with E-state index < -0.39 is 4.92 Å². The van der Waals surface area contributed by atoms with Crippen molar-refractivity contribution in [3.8, 4) is 11.3 Å². The van der Waals surface area contributed by atoms with E-state index in [1.54, 1.807) is 18.3 Å². The fourth-order valence-electron chi connectivity index (χ4n) is 1.34. The van der Waals surface area contributed by atoms with Crippen molar-refractivity contribution in [3.05, 3.63) is 46.9 Å². The molecule has 16 heavy (non-hydrogen) atoms. The molecular weight excluding hydrogens is 208 g/mol. The van der Waals surface area contributed by atoms with Gasteiger partial charge in [0.05, 0.1) is 10.6 Å². The van der Waals surface area contributed by atoms with Crippen LogP contribution in [0.2, 0.25) is 0 Å². The number of aromatic nitrogens is 2. The summed E-state index contributed by atoms with van der Waals surface area (Å²) in [5, 5.41) is 10.6. The summed E-state index contributed by atoms with van der Waals surface area (Å²) in [5.74, 6) is 0. The molecule has 80 valence electrons. The van der Waals surface area contributed by atoms with Gasteiger partial charge in [-0.15, -0.1) is 0 Å². The third kappa shape index (κ3) is 1.81. The second-order valence-corrected chi connectivity index (χ2v) is 3.13. The summed E-state index contributed by atoms with van der Waals surface area (Å²) < 4.78 is 0. The van der Waals surface area contributed by atoms with E-state index >= 15 is 0 Å². The summed E-state index contributed by atoms with van der Waals surface area (Å²) in [5.41, 5.74) is 7.01. The lowest BCUT2D eigenvalue weighted by Crippen LogP contribution is -1.96. The average Bonchev–Trinajstić information content (AvgIpc) is 2.29. The molecule has 1 aromatic carbocycles. The summed E-state index contributed by atoms with van der Waals surface area (Å²) >= 11 is 0. The van der Waals surface area contributed by atoms with Gasteiger partial charge in [0.1, 0.15) is 12.0 Å². The standard InChI is InChI=1S/C10H8N4O2/c11-8-5-7(1-2-10(8)14(15)16)9-3-4-12-6-13-9/h1-6H,11H2. The maximum atomic E-state index is 10.6. The van der Waals surface area contributed by atoms with E-state index in [0.717, 1.165) is 5.56 Å². The van der Waals surface area contributed by atoms with Crippen molar-refractivity contribution in [2.45, 2.75) is 0 Å². The number of nitro groups is 1. The Labute approximate surface area is 90.9 Å². The van der Waals surface area contributed by atoms with Gasteiger partial charge in [-0.3, -0.25) is 10.1 Å². The fourth-order valence-corrected chi connectivity index (χ4v) is 1.34. The molecule has 0 atom stereocenters. The van der Waals surface area contributed by atoms with E-state index in [2.05, 4.69) is 9.97 Å². The first-order valence-corrected chi connectivity index (χ1v) is 4.49. The third-order valence-electron chi connectivity index (χ3n) is 2.10. The van der Waals surface area contributed by atoms with E-state index in [4.69, 9.17) is 5.73 Å². The number of anilines is 1. The molecule has 0 radical (unpaired) electrons. The zero-order valence-corrected chi connectivity index (χ0v) is 8.20. The normalized spacial score (nSPS) is 10.0. The predicted molar refractivity (Wildman–Crippen MR) is 58.5 cm³/mol. The monoisotopic (exact) mass is 216 g/mol. The minimum Gasteiger partial charge on any atom is -0.393 e. The Morgan fingerprint density at radius 2 is 2.12 bits per heavy atom. The Balaban J connectivity index is 2.46. The summed E-state index contributed by atoms with van der Waals surface area (Å²) in [6.45, 7) is 0. The van der Waals surface area contributed by atoms with Crippen LogP contribution in [0.25, 0.3) is 11.3 Å². The van der Waals surface area contributed by atoms with Gasteiger partial charge in [-0.05, 0) is 18.2 Å². The van der Waals surface area contributed by atoms with Crippen molar-refractivity contribution >= 4 is 11.4 Å². The average molecular weight is 216 g/mol. The summed E-state index contributed by atoms with van der Waals surface area (Å²) in [7, 11) is 0. The summed E-state index contributed by atoms with van der Waals surface area (Å²) in [4.78, 5) is 17.9. The molecule has 2 aromatic rings. The molecule has 0 fully saturated rings. The van der Waals surface area contributed by atoms with E-state index in [0.29, 0.717) is 5.69 Å². The smallest absolute Gasteiger partial charge is 0.292 e. The molecule has 6 nitrogen and oxygen atoms in total. The van der Waals surface area contributed by atoms with Crippen LogP contribution in [0.4, 0.5) is 11.4 Å². The first-order valence-electron chi connectivity index (χ1n) is 4.49. The van der Waals surface area contributed by atoms with Crippen LogP contribution in [0, 0.1) is 10.1 Å². The number of rotatable bonds is 2. The molecule has 0 aliphatic rings. The number of nitrogens with two attached hydrogens (primary N) is 1. The fraction of sp³-hybridized carbons (Fsp3) is 0. The number of hydrogen-bond donors (Lipinski definition) is 1. The molecule has 1 heterocycles. The summed E-state index contributed by atoms with van der Waals surface area (Å²) in [6, 6.07) is 6.21. The highest BCUT2D eigenvalue weighted by molar-refractivity contribution is 5.70. The Morgan fingerprint density at radius 3 is 2.69 bits per heavy atom.